The van der Waals surface area contributed by atoms with Crippen molar-refractivity contribution in [1.82, 2.24) is 5.32 Å². The molecule has 0 aliphatic carbocycles. The molecule has 0 radical (unpaired) electrons. The maximum Gasteiger partial charge on any atom is 0.306 e. The third-order valence-electron chi connectivity index (χ3n) is 14.2. The molecule has 0 spiro atoms. The zero-order chi connectivity index (χ0) is 47.4. The van der Waals surface area contributed by atoms with Crippen LogP contribution in [0.4, 0.5) is 0 Å². The Labute approximate surface area is 406 Å². The Balaban J connectivity index is 4.45. The minimum atomic E-state index is -0.780. The van der Waals surface area contributed by atoms with Crippen molar-refractivity contribution in [3.8, 4) is 0 Å². The van der Waals surface area contributed by atoms with E-state index in [2.05, 4.69) is 26.1 Å². The number of aliphatic hydroxyl groups is 2. The Kier molecular flexibility index (Phi) is 52.9. The van der Waals surface area contributed by atoms with Crippen molar-refractivity contribution in [2.24, 2.45) is 0 Å². The van der Waals surface area contributed by atoms with Crippen LogP contribution in [0.2, 0.25) is 0 Å². The lowest BCUT2D eigenvalue weighted by Gasteiger charge is -2.24. The number of hydrogen-bond donors (Lipinski definition) is 3. The molecule has 0 bridgehead atoms. The number of nitrogens with one attached hydrogen (secondary N) is 1. The highest BCUT2D eigenvalue weighted by Crippen LogP contribution is 2.20. The maximum atomic E-state index is 13.3. The Morgan fingerprint density at radius 2 is 0.646 bits per heavy atom. The van der Waals surface area contributed by atoms with E-state index in [4.69, 9.17) is 4.74 Å². The van der Waals surface area contributed by atoms with Gasteiger partial charge in [-0.25, -0.2) is 0 Å². The molecule has 0 heterocycles. The summed E-state index contributed by atoms with van der Waals surface area (Å²) in [4.78, 5) is 26.3. The average Bonchev–Trinajstić information content (AvgIpc) is 3.30. The van der Waals surface area contributed by atoms with Crippen LogP contribution in [0.3, 0.4) is 0 Å². The molecule has 0 saturated carbocycles. The summed E-state index contributed by atoms with van der Waals surface area (Å²) < 4.78 is 5.97. The number of rotatable bonds is 55. The van der Waals surface area contributed by atoms with Gasteiger partial charge in [-0.1, -0.05) is 303 Å². The number of hydrogen-bond acceptors (Lipinski definition) is 5. The van der Waals surface area contributed by atoms with E-state index >= 15 is 0 Å². The molecule has 0 aromatic carbocycles. The van der Waals surface area contributed by atoms with Gasteiger partial charge in [0.05, 0.1) is 25.2 Å². The number of carbonyl (C=O) groups is 2. The van der Waals surface area contributed by atoms with Crippen molar-refractivity contribution in [3.63, 3.8) is 0 Å². The first kappa shape index (κ1) is 63.9. The number of amides is 1. The largest absolute Gasteiger partial charge is 0.462 e. The van der Waals surface area contributed by atoms with Crippen molar-refractivity contribution in [1.29, 1.82) is 0 Å². The van der Waals surface area contributed by atoms with Gasteiger partial charge in [0.2, 0.25) is 5.91 Å². The van der Waals surface area contributed by atoms with Crippen LogP contribution in [-0.2, 0) is 14.3 Å². The fraction of sp³-hybridized carbons (Fsp3) is 0.966. The van der Waals surface area contributed by atoms with Crippen molar-refractivity contribution in [3.05, 3.63) is 0 Å². The van der Waals surface area contributed by atoms with Crippen molar-refractivity contribution in [2.45, 2.75) is 360 Å². The molecule has 388 valence electrons. The molecular weight excluding hydrogens is 803 g/mol. The van der Waals surface area contributed by atoms with Gasteiger partial charge in [0.25, 0.3) is 0 Å². The highest BCUT2D eigenvalue weighted by Gasteiger charge is 2.24. The first-order valence-electron chi connectivity index (χ1n) is 29.8. The van der Waals surface area contributed by atoms with Crippen LogP contribution in [0.25, 0.3) is 0 Å². The summed E-state index contributed by atoms with van der Waals surface area (Å²) in [7, 11) is 0. The van der Waals surface area contributed by atoms with E-state index in [0.29, 0.717) is 19.3 Å². The summed E-state index contributed by atoms with van der Waals surface area (Å²) >= 11 is 0. The fourth-order valence-corrected chi connectivity index (χ4v) is 9.67. The summed E-state index contributed by atoms with van der Waals surface area (Å²) in [6, 6.07) is -0.693. The number of carbonyl (C=O) groups excluding carboxylic acids is 2. The number of ether oxygens (including phenoxy) is 1. The van der Waals surface area contributed by atoms with Gasteiger partial charge in [-0.3, -0.25) is 9.59 Å². The lowest BCUT2D eigenvalue weighted by Crippen LogP contribution is -2.46. The number of unbranched alkanes of at least 4 members (excludes halogenated alkanes) is 43. The van der Waals surface area contributed by atoms with E-state index in [1.165, 1.54) is 257 Å². The molecule has 0 fully saturated rings. The third-order valence-corrected chi connectivity index (χ3v) is 14.2. The van der Waals surface area contributed by atoms with Gasteiger partial charge >= 0.3 is 5.97 Å². The van der Waals surface area contributed by atoms with Gasteiger partial charge in [-0.15, -0.1) is 0 Å². The first-order valence-corrected chi connectivity index (χ1v) is 29.8. The van der Waals surface area contributed by atoms with E-state index < -0.39 is 18.2 Å². The van der Waals surface area contributed by atoms with Crippen LogP contribution in [0.15, 0.2) is 0 Å². The highest BCUT2D eigenvalue weighted by atomic mass is 16.5. The topological polar surface area (TPSA) is 95.9 Å². The lowest BCUT2D eigenvalue weighted by molar-refractivity contribution is -0.151. The van der Waals surface area contributed by atoms with E-state index in [9.17, 15) is 19.8 Å². The van der Waals surface area contributed by atoms with Gasteiger partial charge in [0.1, 0.15) is 6.10 Å². The summed E-state index contributed by atoms with van der Waals surface area (Å²) in [6.07, 6.45) is 60.3. The molecule has 0 saturated heterocycles. The van der Waals surface area contributed by atoms with E-state index in [-0.39, 0.29) is 24.9 Å². The van der Waals surface area contributed by atoms with Crippen LogP contribution in [-0.4, -0.2) is 46.9 Å². The van der Waals surface area contributed by atoms with Crippen molar-refractivity contribution in [2.75, 3.05) is 6.61 Å². The quantitative estimate of drug-likeness (QED) is 0.0417. The molecule has 0 aliphatic heterocycles. The summed E-state index contributed by atoms with van der Waals surface area (Å²) in [5, 5.41) is 23.9. The molecule has 6 nitrogen and oxygen atoms in total. The zero-order valence-corrected chi connectivity index (χ0v) is 44.4. The lowest BCUT2D eigenvalue weighted by atomic mass is 10.0. The Morgan fingerprint density at radius 3 is 0.938 bits per heavy atom. The molecule has 0 aliphatic rings. The van der Waals surface area contributed by atoms with Crippen LogP contribution in [0.5, 0.6) is 0 Å². The summed E-state index contributed by atoms with van der Waals surface area (Å²) in [5.41, 5.74) is 0. The molecule has 0 aromatic rings. The second-order valence-corrected chi connectivity index (χ2v) is 20.8. The normalized spacial score (nSPS) is 13.0. The van der Waals surface area contributed by atoms with Crippen molar-refractivity contribution >= 4 is 11.9 Å². The second kappa shape index (κ2) is 53.8. The summed E-state index contributed by atoms with van der Waals surface area (Å²) in [5.74, 6) is -0.444. The predicted octanol–water partition coefficient (Wildman–Crippen LogP) is 18.3. The van der Waals surface area contributed by atoms with Gasteiger partial charge < -0.3 is 20.3 Å². The SMILES string of the molecule is CCCCCCCCCCCCCCCCCCCC(CC(=O)NC(CO)C(O)CCCCCCCCCCCCCCCCCCC)OC(=O)CCCCCCCCCCCCCC. The van der Waals surface area contributed by atoms with Crippen LogP contribution >= 0.6 is 0 Å². The predicted molar refractivity (Wildman–Crippen MR) is 283 cm³/mol. The maximum absolute atomic E-state index is 13.3. The van der Waals surface area contributed by atoms with E-state index in [1.807, 2.05) is 0 Å². The van der Waals surface area contributed by atoms with Gasteiger partial charge in [0, 0.05) is 6.42 Å². The Hall–Kier alpha value is -1.14. The first-order chi connectivity index (χ1) is 32.0. The minimum Gasteiger partial charge on any atom is -0.462 e. The second-order valence-electron chi connectivity index (χ2n) is 20.8. The van der Waals surface area contributed by atoms with Crippen LogP contribution in [0.1, 0.15) is 342 Å². The Morgan fingerprint density at radius 1 is 0.385 bits per heavy atom. The van der Waals surface area contributed by atoms with Crippen LogP contribution in [0, 0.1) is 0 Å². The van der Waals surface area contributed by atoms with Gasteiger partial charge in [0.15, 0.2) is 0 Å². The van der Waals surface area contributed by atoms with Crippen molar-refractivity contribution < 1.29 is 24.5 Å². The molecule has 3 unspecified atom stereocenters. The Bertz CT molecular complexity index is 944. The molecular formula is C59H117NO5. The monoisotopic (exact) mass is 920 g/mol. The molecule has 0 rings (SSSR count). The standard InChI is InChI=1S/C59H117NO5/c1-4-7-10-13-16-19-22-25-27-29-31-33-35-38-41-44-47-50-55(65-59(64)52-49-46-43-40-37-24-21-18-15-12-9-6-3)53-58(63)60-56(54-61)57(62)51-48-45-42-39-36-34-32-30-28-26-23-20-17-14-11-8-5-2/h55-57,61-62H,4-54H2,1-3H3,(H,60,63). The van der Waals surface area contributed by atoms with Crippen LogP contribution < -0.4 is 5.32 Å². The minimum absolute atomic E-state index is 0.0887. The number of aliphatic hydroxyl groups excluding tert-OH is 2. The number of esters is 1. The molecule has 6 heteroatoms. The average molecular weight is 921 g/mol. The van der Waals surface area contributed by atoms with Gasteiger partial charge in [-0.2, -0.15) is 0 Å². The van der Waals surface area contributed by atoms with E-state index in [1.54, 1.807) is 0 Å². The molecule has 3 N–H and O–H groups in total. The highest BCUT2D eigenvalue weighted by molar-refractivity contribution is 5.77. The molecule has 1 amide bonds. The zero-order valence-electron chi connectivity index (χ0n) is 44.4. The third kappa shape index (κ3) is 49.1. The molecule has 0 aromatic heterocycles. The summed E-state index contributed by atoms with van der Waals surface area (Å²) in [6.45, 7) is 6.54. The van der Waals surface area contributed by atoms with Gasteiger partial charge in [-0.05, 0) is 25.7 Å². The smallest absolute Gasteiger partial charge is 0.306 e. The van der Waals surface area contributed by atoms with E-state index in [0.717, 1.165) is 38.5 Å². The molecule has 3 atom stereocenters. The fourth-order valence-electron chi connectivity index (χ4n) is 9.67. The molecule has 65 heavy (non-hydrogen) atoms.